The number of rotatable bonds is 5. The molecule has 3 aromatic rings. The lowest BCUT2D eigenvalue weighted by atomic mass is 9.85. The predicted octanol–water partition coefficient (Wildman–Crippen LogP) is 4.38. The Kier molecular flexibility index (Phi) is 5.53. The molecule has 0 saturated carbocycles. The molecule has 0 bridgehead atoms. The maximum atomic E-state index is 12.9. The molecule has 0 saturated heterocycles. The number of thioether (sulfide) groups is 1. The van der Waals surface area contributed by atoms with E-state index in [4.69, 9.17) is 14.8 Å². The Labute approximate surface area is 189 Å². The lowest BCUT2D eigenvalue weighted by Crippen LogP contribution is -2.31. The number of nitrogens with zero attached hydrogens (tertiary/aromatic N) is 3. The third-order valence-electron chi connectivity index (χ3n) is 5.71. The Morgan fingerprint density at radius 3 is 2.69 bits per heavy atom. The molecule has 162 valence electrons. The number of aromatic nitrogens is 3. The molecule has 32 heavy (non-hydrogen) atoms. The summed E-state index contributed by atoms with van der Waals surface area (Å²) >= 11 is 1.56. The molecular weight excluding hydrogens is 424 g/mol. The van der Waals surface area contributed by atoms with E-state index in [0.29, 0.717) is 23.1 Å². The van der Waals surface area contributed by atoms with Crippen molar-refractivity contribution < 1.29 is 14.3 Å². The summed E-state index contributed by atoms with van der Waals surface area (Å²) in [5, 5.41) is 8.75. The van der Waals surface area contributed by atoms with Crippen LogP contribution in [0.1, 0.15) is 46.8 Å². The first-order chi connectivity index (χ1) is 15.6. The number of nitrogens with one attached hydrogen (secondary N) is 1. The highest BCUT2D eigenvalue weighted by atomic mass is 32.2. The highest BCUT2D eigenvalue weighted by Gasteiger charge is 2.36. The van der Waals surface area contributed by atoms with E-state index in [0.717, 1.165) is 35.4 Å². The Hall–Kier alpha value is -3.39. The van der Waals surface area contributed by atoms with Gasteiger partial charge in [-0.1, -0.05) is 54.2 Å². The van der Waals surface area contributed by atoms with Gasteiger partial charge in [0.2, 0.25) is 11.1 Å². The lowest BCUT2D eigenvalue weighted by molar-refractivity contribution is -0.116. The van der Waals surface area contributed by atoms with Crippen LogP contribution in [0.2, 0.25) is 0 Å². The maximum absolute atomic E-state index is 12.9. The van der Waals surface area contributed by atoms with Gasteiger partial charge in [0.15, 0.2) is 5.78 Å². The van der Waals surface area contributed by atoms with Crippen molar-refractivity contribution in [3.63, 3.8) is 0 Å². The van der Waals surface area contributed by atoms with E-state index < -0.39 is 5.97 Å². The van der Waals surface area contributed by atoms with Gasteiger partial charge in [-0.2, -0.15) is 4.98 Å². The molecule has 0 amide bonds. The number of methoxy groups -OCH3 is 1. The average molecular weight is 447 g/mol. The molecule has 0 radical (unpaired) electrons. The zero-order valence-corrected chi connectivity index (χ0v) is 18.4. The normalized spacial score (nSPS) is 17.4. The number of hydrogen-bond acceptors (Lipinski definition) is 7. The molecule has 7 nitrogen and oxygen atoms in total. The fraction of sp³-hybridized carbons (Fsp3) is 0.250. The van der Waals surface area contributed by atoms with Crippen molar-refractivity contribution in [3.8, 4) is 0 Å². The number of hydrogen-bond donors (Lipinski definition) is 1. The van der Waals surface area contributed by atoms with E-state index in [1.165, 1.54) is 12.7 Å². The number of benzene rings is 2. The fourth-order valence-electron chi connectivity index (χ4n) is 4.15. The number of fused-ring (bicyclic) bond motifs is 1. The SMILES string of the molecule is COC(=O)c1ccc(C2C3=C(CCCC3=O)Nc3nc(SCc4ccccc4)nn32)cc1. The molecule has 1 N–H and O–H groups in total. The predicted molar refractivity (Wildman–Crippen MR) is 121 cm³/mol. The Bertz CT molecular complexity index is 1200. The summed E-state index contributed by atoms with van der Waals surface area (Å²) in [5.74, 6) is 1.13. The topological polar surface area (TPSA) is 86.1 Å². The number of anilines is 1. The van der Waals surface area contributed by atoms with Gasteiger partial charge < -0.3 is 10.1 Å². The Morgan fingerprint density at radius 1 is 1.16 bits per heavy atom. The molecule has 1 aliphatic heterocycles. The van der Waals surface area contributed by atoms with Crippen molar-refractivity contribution in [2.75, 3.05) is 12.4 Å². The minimum Gasteiger partial charge on any atom is -0.465 e. The molecule has 5 rings (SSSR count). The fourth-order valence-corrected chi connectivity index (χ4v) is 4.93. The van der Waals surface area contributed by atoms with Gasteiger partial charge in [0.1, 0.15) is 6.04 Å². The van der Waals surface area contributed by atoms with Gasteiger partial charge >= 0.3 is 5.97 Å². The first-order valence-corrected chi connectivity index (χ1v) is 11.5. The maximum Gasteiger partial charge on any atom is 0.337 e. The van der Waals surface area contributed by atoms with Gasteiger partial charge in [-0.15, -0.1) is 5.10 Å². The van der Waals surface area contributed by atoms with Crippen LogP contribution in [0.15, 0.2) is 71.0 Å². The van der Waals surface area contributed by atoms with Crippen LogP contribution in [0, 0.1) is 0 Å². The summed E-state index contributed by atoms with van der Waals surface area (Å²) in [4.78, 5) is 29.5. The Morgan fingerprint density at radius 2 is 1.94 bits per heavy atom. The van der Waals surface area contributed by atoms with Gasteiger partial charge in [-0.3, -0.25) is 4.79 Å². The first kappa shape index (κ1) is 20.5. The summed E-state index contributed by atoms with van der Waals surface area (Å²) in [5.41, 5.74) is 4.20. The number of Topliss-reactive ketones (excluding diaryl/α,β-unsaturated/α-hetero) is 1. The summed E-state index contributed by atoms with van der Waals surface area (Å²) in [7, 11) is 1.36. The molecule has 1 atom stereocenters. The molecule has 2 aliphatic rings. The molecule has 1 aromatic heterocycles. The molecular formula is C24H22N4O3S. The average Bonchev–Trinajstić information content (AvgIpc) is 3.24. The number of ether oxygens (including phenoxy) is 1. The van der Waals surface area contributed by atoms with Crippen LogP contribution in [-0.4, -0.2) is 33.6 Å². The largest absolute Gasteiger partial charge is 0.465 e. The zero-order valence-electron chi connectivity index (χ0n) is 17.6. The summed E-state index contributed by atoms with van der Waals surface area (Å²) in [6.07, 6.45) is 2.15. The van der Waals surface area contributed by atoms with E-state index in [1.807, 2.05) is 30.3 Å². The van der Waals surface area contributed by atoms with Gasteiger partial charge in [-0.25, -0.2) is 9.48 Å². The second kappa shape index (κ2) is 8.63. The highest BCUT2D eigenvalue weighted by Crippen LogP contribution is 2.40. The number of ketones is 1. The van der Waals surface area contributed by atoms with Crippen molar-refractivity contribution in [1.29, 1.82) is 0 Å². The third kappa shape index (κ3) is 3.82. The van der Waals surface area contributed by atoms with Crippen LogP contribution in [0.4, 0.5) is 5.95 Å². The van der Waals surface area contributed by atoms with Crippen molar-refractivity contribution >= 4 is 29.5 Å². The van der Waals surface area contributed by atoms with Crippen LogP contribution in [0.3, 0.4) is 0 Å². The number of carbonyl (C=O) groups is 2. The van der Waals surface area contributed by atoms with E-state index in [9.17, 15) is 9.59 Å². The second-order valence-electron chi connectivity index (χ2n) is 7.75. The van der Waals surface area contributed by atoms with E-state index in [1.54, 1.807) is 28.6 Å². The van der Waals surface area contributed by atoms with Crippen LogP contribution < -0.4 is 5.32 Å². The van der Waals surface area contributed by atoms with Gasteiger partial charge in [-0.05, 0) is 36.1 Å². The van der Waals surface area contributed by atoms with Crippen LogP contribution in [0.5, 0.6) is 0 Å². The summed E-state index contributed by atoms with van der Waals surface area (Å²) in [6, 6.07) is 17.0. The van der Waals surface area contributed by atoms with Crippen molar-refractivity contribution in [2.24, 2.45) is 0 Å². The molecule has 1 aliphatic carbocycles. The van der Waals surface area contributed by atoms with Gasteiger partial charge in [0.05, 0.1) is 12.7 Å². The van der Waals surface area contributed by atoms with E-state index in [-0.39, 0.29) is 11.8 Å². The minimum absolute atomic E-state index is 0.125. The van der Waals surface area contributed by atoms with Crippen molar-refractivity contribution in [3.05, 3.63) is 82.6 Å². The zero-order chi connectivity index (χ0) is 22.1. The van der Waals surface area contributed by atoms with Crippen molar-refractivity contribution in [2.45, 2.75) is 36.2 Å². The molecule has 0 fully saturated rings. The molecule has 8 heteroatoms. The third-order valence-corrected chi connectivity index (χ3v) is 6.62. The lowest BCUT2D eigenvalue weighted by Gasteiger charge is -2.32. The highest BCUT2D eigenvalue weighted by molar-refractivity contribution is 7.98. The van der Waals surface area contributed by atoms with Crippen LogP contribution in [0.25, 0.3) is 0 Å². The van der Waals surface area contributed by atoms with Crippen molar-refractivity contribution in [1.82, 2.24) is 14.8 Å². The number of allylic oxidation sites excluding steroid dienone is 2. The van der Waals surface area contributed by atoms with Gasteiger partial charge in [0, 0.05) is 23.4 Å². The molecule has 2 heterocycles. The molecule has 2 aromatic carbocycles. The number of esters is 1. The Balaban J connectivity index is 1.50. The monoisotopic (exact) mass is 446 g/mol. The van der Waals surface area contributed by atoms with E-state index in [2.05, 4.69) is 17.4 Å². The summed E-state index contributed by atoms with van der Waals surface area (Å²) in [6.45, 7) is 0. The number of carbonyl (C=O) groups excluding carboxylic acids is 2. The molecule has 1 unspecified atom stereocenters. The van der Waals surface area contributed by atoms with E-state index >= 15 is 0 Å². The first-order valence-electron chi connectivity index (χ1n) is 10.5. The second-order valence-corrected chi connectivity index (χ2v) is 8.69. The van der Waals surface area contributed by atoms with Crippen LogP contribution in [-0.2, 0) is 15.3 Å². The summed E-state index contributed by atoms with van der Waals surface area (Å²) < 4.78 is 6.60. The smallest absolute Gasteiger partial charge is 0.337 e. The standard InChI is InChI=1S/C24H22N4O3S/c1-31-22(30)17-12-10-16(11-13-17)21-20-18(8-5-9-19(20)29)25-23-26-24(27-28(21)23)32-14-15-6-3-2-4-7-15/h2-4,6-7,10-13,21H,5,8-9,14H2,1H3,(H,25,26,27). The van der Waals surface area contributed by atoms with Crippen LogP contribution >= 0.6 is 11.8 Å². The minimum atomic E-state index is -0.392. The molecule has 0 spiro atoms. The van der Waals surface area contributed by atoms with Gasteiger partial charge in [0.25, 0.3) is 0 Å². The quantitative estimate of drug-likeness (QED) is 0.460.